The number of ether oxygens (including phenoxy) is 1. The van der Waals surface area contributed by atoms with Gasteiger partial charge >= 0.3 is 5.97 Å². The second-order valence-corrected chi connectivity index (χ2v) is 6.95. The van der Waals surface area contributed by atoms with Crippen LogP contribution in [0.5, 0.6) is 0 Å². The van der Waals surface area contributed by atoms with Gasteiger partial charge in [-0.2, -0.15) is 0 Å². The maximum Gasteiger partial charge on any atom is 0.323 e. The first-order valence-electron chi connectivity index (χ1n) is 8.86. The predicted molar refractivity (Wildman–Crippen MR) is 98.8 cm³/mol. The zero-order chi connectivity index (χ0) is 19.1. The van der Waals surface area contributed by atoms with Gasteiger partial charge in [-0.3, -0.25) is 19.7 Å². The SMILES string of the molecule is COC(=O)[C@@H]1N[C@H](c2ccc(C)cc2)[C@@H]2C(=O)N(c3ccccc3)C(=O)[C@@H]21. The summed E-state index contributed by atoms with van der Waals surface area (Å²) in [7, 11) is 1.29. The molecule has 0 aliphatic carbocycles. The first-order chi connectivity index (χ1) is 13.0. The number of nitrogens with one attached hydrogen (secondary N) is 1. The Balaban J connectivity index is 1.77. The second kappa shape index (κ2) is 6.63. The molecule has 0 saturated carbocycles. The van der Waals surface area contributed by atoms with Gasteiger partial charge in [0.1, 0.15) is 6.04 Å². The molecule has 27 heavy (non-hydrogen) atoms. The van der Waals surface area contributed by atoms with Crippen LogP contribution < -0.4 is 10.2 Å². The number of carbonyl (C=O) groups is 3. The Morgan fingerprint density at radius 1 is 0.963 bits per heavy atom. The first-order valence-corrected chi connectivity index (χ1v) is 8.86. The van der Waals surface area contributed by atoms with Crippen molar-refractivity contribution in [3.05, 3.63) is 65.7 Å². The first kappa shape index (κ1) is 17.4. The van der Waals surface area contributed by atoms with Crippen LogP contribution in [0.3, 0.4) is 0 Å². The minimum Gasteiger partial charge on any atom is -0.468 e. The van der Waals surface area contributed by atoms with Gasteiger partial charge in [-0.25, -0.2) is 4.90 Å². The van der Waals surface area contributed by atoms with Crippen molar-refractivity contribution in [2.24, 2.45) is 11.8 Å². The molecule has 6 heteroatoms. The van der Waals surface area contributed by atoms with Gasteiger partial charge in [0.2, 0.25) is 11.8 Å². The van der Waals surface area contributed by atoms with Crippen molar-refractivity contribution >= 4 is 23.5 Å². The van der Waals surface area contributed by atoms with Gasteiger partial charge < -0.3 is 4.74 Å². The van der Waals surface area contributed by atoms with Gasteiger partial charge in [-0.05, 0) is 24.6 Å². The molecular formula is C21H20N2O4. The van der Waals surface area contributed by atoms with Crippen LogP contribution in [0.2, 0.25) is 0 Å². The van der Waals surface area contributed by atoms with E-state index in [1.165, 1.54) is 12.0 Å². The fraction of sp³-hybridized carbons (Fsp3) is 0.286. The van der Waals surface area contributed by atoms with Gasteiger partial charge in [-0.1, -0.05) is 48.0 Å². The molecule has 2 saturated heterocycles. The highest BCUT2D eigenvalue weighted by Gasteiger charge is 2.61. The number of amides is 2. The third-order valence-electron chi connectivity index (χ3n) is 5.38. The summed E-state index contributed by atoms with van der Waals surface area (Å²) in [6, 6.07) is 15.3. The fourth-order valence-corrected chi connectivity index (χ4v) is 4.07. The molecule has 2 fully saturated rings. The molecule has 4 atom stereocenters. The molecule has 0 bridgehead atoms. The number of rotatable bonds is 3. The van der Waals surface area contributed by atoms with E-state index in [1.54, 1.807) is 24.3 Å². The predicted octanol–water partition coefficient (Wildman–Crippen LogP) is 1.99. The van der Waals surface area contributed by atoms with Crippen LogP contribution in [0.4, 0.5) is 5.69 Å². The minimum atomic E-state index is -0.850. The minimum absolute atomic E-state index is 0.291. The lowest BCUT2D eigenvalue weighted by molar-refractivity contribution is -0.145. The number of imide groups is 1. The Kier molecular flexibility index (Phi) is 4.28. The van der Waals surface area contributed by atoms with E-state index in [4.69, 9.17) is 4.74 Å². The summed E-state index contributed by atoms with van der Waals surface area (Å²) < 4.78 is 4.89. The van der Waals surface area contributed by atoms with Crippen LogP contribution >= 0.6 is 0 Å². The lowest BCUT2D eigenvalue weighted by atomic mass is 9.86. The number of aryl methyl sites for hydroxylation is 1. The van der Waals surface area contributed by atoms with E-state index < -0.39 is 29.9 Å². The molecule has 2 amide bonds. The Morgan fingerprint density at radius 2 is 1.59 bits per heavy atom. The number of carbonyl (C=O) groups excluding carboxylic acids is 3. The summed E-state index contributed by atoms with van der Waals surface area (Å²) in [6.07, 6.45) is 0. The second-order valence-electron chi connectivity index (χ2n) is 6.95. The maximum atomic E-state index is 13.2. The van der Waals surface area contributed by atoms with Gasteiger partial charge in [0.15, 0.2) is 0 Å². The fourth-order valence-electron chi connectivity index (χ4n) is 4.07. The topological polar surface area (TPSA) is 75.7 Å². The zero-order valence-corrected chi connectivity index (χ0v) is 15.1. The van der Waals surface area contributed by atoms with E-state index in [9.17, 15) is 14.4 Å². The number of hydrogen-bond acceptors (Lipinski definition) is 5. The molecule has 2 heterocycles. The molecule has 0 radical (unpaired) electrons. The zero-order valence-electron chi connectivity index (χ0n) is 15.1. The van der Waals surface area contributed by atoms with E-state index in [0.29, 0.717) is 5.69 Å². The van der Waals surface area contributed by atoms with Crippen LogP contribution in [0.15, 0.2) is 54.6 Å². The maximum absolute atomic E-state index is 13.2. The molecule has 2 aromatic carbocycles. The van der Waals surface area contributed by atoms with Crippen molar-refractivity contribution < 1.29 is 19.1 Å². The summed E-state index contributed by atoms with van der Waals surface area (Å²) in [5.41, 5.74) is 2.49. The highest BCUT2D eigenvalue weighted by atomic mass is 16.5. The molecule has 2 aliphatic rings. The van der Waals surface area contributed by atoms with Crippen LogP contribution in [0.25, 0.3) is 0 Å². The summed E-state index contributed by atoms with van der Waals surface area (Å²) in [5.74, 6) is -2.62. The number of anilines is 1. The van der Waals surface area contributed by atoms with Crippen molar-refractivity contribution in [2.45, 2.75) is 19.0 Å². The molecule has 0 spiro atoms. The van der Waals surface area contributed by atoms with E-state index >= 15 is 0 Å². The van der Waals surface area contributed by atoms with Gasteiger partial charge in [0, 0.05) is 6.04 Å². The van der Waals surface area contributed by atoms with Gasteiger partial charge in [0.05, 0.1) is 24.6 Å². The van der Waals surface area contributed by atoms with Crippen molar-refractivity contribution in [2.75, 3.05) is 12.0 Å². The lowest BCUT2D eigenvalue weighted by Gasteiger charge is -2.22. The number of fused-ring (bicyclic) bond motifs is 1. The number of benzene rings is 2. The molecule has 0 unspecified atom stereocenters. The lowest BCUT2D eigenvalue weighted by Crippen LogP contribution is -2.43. The Labute approximate surface area is 157 Å². The Hall–Kier alpha value is -2.99. The highest BCUT2D eigenvalue weighted by molar-refractivity contribution is 6.23. The number of hydrogen-bond donors (Lipinski definition) is 1. The van der Waals surface area contributed by atoms with Crippen LogP contribution in [0.1, 0.15) is 17.2 Å². The molecule has 138 valence electrons. The molecule has 0 aromatic heterocycles. The monoisotopic (exact) mass is 364 g/mol. The molecule has 2 aliphatic heterocycles. The van der Waals surface area contributed by atoms with Crippen LogP contribution in [-0.4, -0.2) is 30.9 Å². The van der Waals surface area contributed by atoms with Gasteiger partial charge in [-0.15, -0.1) is 0 Å². The summed E-state index contributed by atoms with van der Waals surface area (Å²) in [5, 5.41) is 3.17. The van der Waals surface area contributed by atoms with Crippen LogP contribution in [0, 0.1) is 18.8 Å². The normalized spacial score (nSPS) is 27.0. The Morgan fingerprint density at radius 3 is 2.22 bits per heavy atom. The summed E-state index contributed by atoms with van der Waals surface area (Å²) in [6.45, 7) is 1.98. The average molecular weight is 364 g/mol. The standard InChI is InChI=1S/C21H20N2O4/c1-12-8-10-13(11-9-12)17-15-16(18(22-17)21(26)27-2)20(25)23(19(15)24)14-6-4-3-5-7-14/h3-11,15-18,22H,1-2H3/t15-,16+,17-,18-/m1/s1. The quantitative estimate of drug-likeness (QED) is 0.666. The van der Waals surface area contributed by atoms with Crippen molar-refractivity contribution in [1.29, 1.82) is 0 Å². The Bertz CT molecular complexity index is 894. The van der Waals surface area contributed by atoms with E-state index in [1.807, 2.05) is 37.3 Å². The summed E-state index contributed by atoms with van der Waals surface area (Å²) in [4.78, 5) is 39.9. The van der Waals surface area contributed by atoms with Crippen LogP contribution in [-0.2, 0) is 19.1 Å². The summed E-state index contributed by atoms with van der Waals surface area (Å²) >= 11 is 0. The smallest absolute Gasteiger partial charge is 0.323 e. The number of para-hydroxylation sites is 1. The van der Waals surface area contributed by atoms with E-state index in [2.05, 4.69) is 5.32 Å². The van der Waals surface area contributed by atoms with E-state index in [-0.39, 0.29) is 11.8 Å². The molecular weight excluding hydrogens is 344 g/mol. The third-order valence-corrected chi connectivity index (χ3v) is 5.38. The van der Waals surface area contributed by atoms with Crippen molar-refractivity contribution in [1.82, 2.24) is 5.32 Å². The molecule has 6 nitrogen and oxygen atoms in total. The van der Waals surface area contributed by atoms with Crippen molar-refractivity contribution in [3.63, 3.8) is 0 Å². The molecule has 2 aromatic rings. The van der Waals surface area contributed by atoms with Gasteiger partial charge in [0.25, 0.3) is 0 Å². The highest BCUT2D eigenvalue weighted by Crippen LogP contribution is 2.45. The molecule has 1 N–H and O–H groups in total. The third kappa shape index (κ3) is 2.73. The molecule has 4 rings (SSSR count). The largest absolute Gasteiger partial charge is 0.468 e. The number of nitrogens with zero attached hydrogens (tertiary/aromatic N) is 1. The number of methoxy groups -OCH3 is 1. The van der Waals surface area contributed by atoms with E-state index in [0.717, 1.165) is 11.1 Å². The average Bonchev–Trinajstić information content (AvgIpc) is 3.20. The number of esters is 1. The van der Waals surface area contributed by atoms with Crippen molar-refractivity contribution in [3.8, 4) is 0 Å².